The Bertz CT molecular complexity index is 956. The van der Waals surface area contributed by atoms with Crippen molar-refractivity contribution in [3.63, 3.8) is 0 Å². The summed E-state index contributed by atoms with van der Waals surface area (Å²) in [6, 6.07) is 12.2. The number of hydrogen-bond donors (Lipinski definition) is 0. The van der Waals surface area contributed by atoms with E-state index in [4.69, 9.17) is 16.1 Å². The predicted molar refractivity (Wildman–Crippen MR) is 107 cm³/mol. The number of aromatic nitrogens is 2. The Morgan fingerprint density at radius 2 is 1.66 bits per heavy atom. The van der Waals surface area contributed by atoms with Gasteiger partial charge < -0.3 is 9.42 Å². The summed E-state index contributed by atoms with van der Waals surface area (Å²) in [6.07, 6.45) is 1.28. The van der Waals surface area contributed by atoms with Crippen LogP contribution in [0.4, 0.5) is 14.8 Å². The van der Waals surface area contributed by atoms with Crippen molar-refractivity contribution in [1.82, 2.24) is 15.0 Å². The van der Waals surface area contributed by atoms with Gasteiger partial charge in [-0.15, -0.1) is 0 Å². The van der Waals surface area contributed by atoms with Gasteiger partial charge in [0.15, 0.2) is 17.5 Å². The van der Waals surface area contributed by atoms with Crippen LogP contribution in [0.1, 0.15) is 17.0 Å². The van der Waals surface area contributed by atoms with Gasteiger partial charge in [0.2, 0.25) is 0 Å². The van der Waals surface area contributed by atoms with E-state index < -0.39 is 11.6 Å². The van der Waals surface area contributed by atoms with Crippen LogP contribution in [0.15, 0.2) is 47.0 Å². The van der Waals surface area contributed by atoms with Crippen LogP contribution in [0.5, 0.6) is 0 Å². The Morgan fingerprint density at radius 1 is 0.931 bits per heavy atom. The summed E-state index contributed by atoms with van der Waals surface area (Å²) in [5.41, 5.74) is 1.87. The van der Waals surface area contributed by atoms with Crippen LogP contribution in [0, 0.1) is 11.6 Å². The molecule has 5 nitrogen and oxygen atoms in total. The first-order valence-corrected chi connectivity index (χ1v) is 9.93. The molecule has 8 heteroatoms. The standard InChI is InChI=1S/C21H21ClF2N4O/c22-17-4-1-15(2-5-17)7-8-27-9-11-28(12-10-27)21-25-20(26-29-21)14-16-3-6-18(23)19(24)13-16/h1-6,13H,7-12,14H2. The average Bonchev–Trinajstić information content (AvgIpc) is 3.19. The molecule has 0 bridgehead atoms. The maximum Gasteiger partial charge on any atom is 0.324 e. The van der Waals surface area contributed by atoms with Gasteiger partial charge in [0.05, 0.1) is 0 Å². The third kappa shape index (κ3) is 5.10. The lowest BCUT2D eigenvalue weighted by Gasteiger charge is -2.33. The molecule has 0 aliphatic carbocycles. The first-order chi connectivity index (χ1) is 14.1. The highest BCUT2D eigenvalue weighted by atomic mass is 35.5. The zero-order valence-electron chi connectivity index (χ0n) is 15.8. The molecule has 3 aromatic rings. The minimum absolute atomic E-state index is 0.293. The van der Waals surface area contributed by atoms with Gasteiger partial charge in [-0.1, -0.05) is 35.0 Å². The number of hydrogen-bond acceptors (Lipinski definition) is 5. The second-order valence-corrected chi connectivity index (χ2v) is 7.56. The Labute approximate surface area is 172 Å². The summed E-state index contributed by atoms with van der Waals surface area (Å²) in [4.78, 5) is 8.87. The second-order valence-electron chi connectivity index (χ2n) is 7.12. The maximum absolute atomic E-state index is 13.3. The van der Waals surface area contributed by atoms with Crippen molar-refractivity contribution in [1.29, 1.82) is 0 Å². The molecule has 2 heterocycles. The Kier molecular flexibility index (Phi) is 6.06. The van der Waals surface area contributed by atoms with E-state index in [0.717, 1.165) is 56.3 Å². The first kappa shape index (κ1) is 19.8. The highest BCUT2D eigenvalue weighted by molar-refractivity contribution is 6.30. The molecule has 1 fully saturated rings. The summed E-state index contributed by atoms with van der Waals surface area (Å²) in [7, 11) is 0. The van der Waals surface area contributed by atoms with Gasteiger partial charge in [-0.25, -0.2) is 8.78 Å². The molecule has 0 N–H and O–H groups in total. The SMILES string of the molecule is Fc1ccc(Cc2noc(N3CCN(CCc4ccc(Cl)cc4)CC3)n2)cc1F. The topological polar surface area (TPSA) is 45.4 Å². The molecule has 152 valence electrons. The molecule has 0 spiro atoms. The van der Waals surface area contributed by atoms with Gasteiger partial charge in [0.1, 0.15) is 0 Å². The van der Waals surface area contributed by atoms with Crippen molar-refractivity contribution in [2.24, 2.45) is 0 Å². The molecule has 0 saturated carbocycles. The normalized spacial score (nSPS) is 15.1. The lowest BCUT2D eigenvalue weighted by Crippen LogP contribution is -2.47. The van der Waals surface area contributed by atoms with E-state index in [9.17, 15) is 8.78 Å². The fraction of sp³-hybridized carbons (Fsp3) is 0.333. The van der Waals surface area contributed by atoms with Crippen molar-refractivity contribution >= 4 is 17.6 Å². The van der Waals surface area contributed by atoms with E-state index in [1.165, 1.54) is 11.6 Å². The largest absolute Gasteiger partial charge is 0.324 e. The summed E-state index contributed by atoms with van der Waals surface area (Å²) >= 11 is 5.93. The van der Waals surface area contributed by atoms with Crippen molar-refractivity contribution in [3.8, 4) is 0 Å². The molecule has 0 amide bonds. The van der Waals surface area contributed by atoms with Crippen LogP contribution >= 0.6 is 11.6 Å². The summed E-state index contributed by atoms with van der Waals surface area (Å²) in [5, 5.41) is 4.73. The van der Waals surface area contributed by atoms with Crippen molar-refractivity contribution in [2.45, 2.75) is 12.8 Å². The zero-order chi connectivity index (χ0) is 20.2. The molecular formula is C21H21ClF2N4O. The van der Waals surface area contributed by atoms with Crippen LogP contribution in [-0.4, -0.2) is 47.8 Å². The van der Waals surface area contributed by atoms with Crippen molar-refractivity contribution in [3.05, 3.63) is 76.1 Å². The van der Waals surface area contributed by atoms with Crippen LogP contribution < -0.4 is 4.90 Å². The fourth-order valence-corrected chi connectivity index (χ4v) is 3.50. The summed E-state index contributed by atoms with van der Waals surface area (Å²) in [6.45, 7) is 4.41. The predicted octanol–water partition coefficient (Wildman–Crippen LogP) is 3.96. The van der Waals surface area contributed by atoms with E-state index in [0.29, 0.717) is 23.8 Å². The molecule has 1 aliphatic heterocycles. The van der Waals surface area contributed by atoms with E-state index in [1.807, 2.05) is 12.1 Å². The second kappa shape index (κ2) is 8.88. The van der Waals surface area contributed by atoms with Crippen LogP contribution in [0.3, 0.4) is 0 Å². The van der Waals surface area contributed by atoms with E-state index in [1.54, 1.807) is 0 Å². The van der Waals surface area contributed by atoms with Crippen molar-refractivity contribution < 1.29 is 13.3 Å². The number of benzene rings is 2. The average molecular weight is 419 g/mol. The molecule has 0 radical (unpaired) electrons. The number of anilines is 1. The Balaban J connectivity index is 1.27. The molecule has 1 aromatic heterocycles. The minimum Gasteiger partial charge on any atom is -0.322 e. The molecular weight excluding hydrogens is 398 g/mol. The van der Waals surface area contributed by atoms with E-state index >= 15 is 0 Å². The van der Waals surface area contributed by atoms with Gasteiger partial charge >= 0.3 is 6.01 Å². The van der Waals surface area contributed by atoms with Crippen LogP contribution in [0.2, 0.25) is 5.02 Å². The van der Waals surface area contributed by atoms with Gasteiger partial charge in [-0.3, -0.25) is 4.90 Å². The molecule has 0 unspecified atom stereocenters. The summed E-state index contributed by atoms with van der Waals surface area (Å²) < 4.78 is 31.8. The molecule has 1 aliphatic rings. The molecule has 29 heavy (non-hydrogen) atoms. The van der Waals surface area contributed by atoms with Gasteiger partial charge in [-0.2, -0.15) is 4.98 Å². The van der Waals surface area contributed by atoms with Gasteiger partial charge in [0, 0.05) is 44.2 Å². The quantitative estimate of drug-likeness (QED) is 0.606. The monoisotopic (exact) mass is 418 g/mol. The van der Waals surface area contributed by atoms with Gasteiger partial charge in [-0.05, 0) is 41.8 Å². The maximum atomic E-state index is 13.3. The van der Waals surface area contributed by atoms with Gasteiger partial charge in [0.25, 0.3) is 0 Å². The lowest BCUT2D eigenvalue weighted by molar-refractivity contribution is 0.253. The number of rotatable bonds is 6. The Morgan fingerprint density at radius 3 is 2.38 bits per heavy atom. The third-order valence-corrected chi connectivity index (χ3v) is 5.33. The van der Waals surface area contributed by atoms with E-state index in [2.05, 4.69) is 32.1 Å². The summed E-state index contributed by atoms with van der Waals surface area (Å²) in [5.74, 6) is -1.28. The van der Waals surface area contributed by atoms with Crippen LogP contribution in [-0.2, 0) is 12.8 Å². The zero-order valence-corrected chi connectivity index (χ0v) is 16.6. The van der Waals surface area contributed by atoms with E-state index in [-0.39, 0.29) is 0 Å². The van der Waals surface area contributed by atoms with Crippen molar-refractivity contribution in [2.75, 3.05) is 37.6 Å². The fourth-order valence-electron chi connectivity index (χ4n) is 3.38. The molecule has 2 aromatic carbocycles. The highest BCUT2D eigenvalue weighted by Crippen LogP contribution is 2.17. The third-order valence-electron chi connectivity index (χ3n) is 5.08. The number of nitrogens with zero attached hydrogens (tertiary/aromatic N) is 4. The smallest absolute Gasteiger partial charge is 0.322 e. The molecule has 4 rings (SSSR count). The highest BCUT2D eigenvalue weighted by Gasteiger charge is 2.21. The number of halogens is 3. The molecule has 1 saturated heterocycles. The Hall–Kier alpha value is -2.51. The van der Waals surface area contributed by atoms with Crippen LogP contribution in [0.25, 0.3) is 0 Å². The number of piperazine rings is 1. The minimum atomic E-state index is -0.874. The first-order valence-electron chi connectivity index (χ1n) is 9.55. The lowest BCUT2D eigenvalue weighted by atomic mass is 10.1. The molecule has 0 atom stereocenters.